The van der Waals surface area contributed by atoms with Gasteiger partial charge in [0.1, 0.15) is 0 Å². The number of aliphatic carboxylic acids is 1. The molecule has 6 nitrogen and oxygen atoms in total. The number of rotatable bonds is 8. The van der Waals surface area contributed by atoms with Gasteiger partial charge in [0.05, 0.1) is 11.9 Å². The molecule has 0 saturated heterocycles. The van der Waals surface area contributed by atoms with Gasteiger partial charge in [-0.2, -0.15) is 0 Å². The van der Waals surface area contributed by atoms with Gasteiger partial charge in [0, 0.05) is 13.0 Å². The van der Waals surface area contributed by atoms with Gasteiger partial charge in [-0.25, -0.2) is 13.1 Å². The highest BCUT2D eigenvalue weighted by Crippen LogP contribution is 1.96. The van der Waals surface area contributed by atoms with E-state index in [4.69, 9.17) is 10.2 Å². The van der Waals surface area contributed by atoms with E-state index in [2.05, 4.69) is 4.72 Å². The van der Waals surface area contributed by atoms with E-state index in [0.29, 0.717) is 6.42 Å². The molecule has 15 heavy (non-hydrogen) atoms. The molecular formula is C8H17NO5S. The first-order chi connectivity index (χ1) is 6.87. The Morgan fingerprint density at radius 3 is 2.53 bits per heavy atom. The van der Waals surface area contributed by atoms with Crippen LogP contribution in [0.1, 0.15) is 26.2 Å². The Bertz CT molecular complexity index is 287. The zero-order valence-electron chi connectivity index (χ0n) is 8.64. The first kappa shape index (κ1) is 14.3. The van der Waals surface area contributed by atoms with Gasteiger partial charge in [-0.1, -0.05) is 6.92 Å². The fraction of sp³-hybridized carbons (Fsp3) is 0.875. The van der Waals surface area contributed by atoms with Crippen molar-refractivity contribution in [3.8, 4) is 0 Å². The monoisotopic (exact) mass is 239 g/mol. The number of aliphatic hydroxyl groups is 1. The summed E-state index contributed by atoms with van der Waals surface area (Å²) in [6.45, 7) is 1.72. The Labute approximate surface area is 89.4 Å². The van der Waals surface area contributed by atoms with Crippen molar-refractivity contribution in [2.45, 2.75) is 32.3 Å². The molecule has 0 aliphatic heterocycles. The molecule has 1 atom stereocenters. The molecule has 0 amide bonds. The molecule has 0 radical (unpaired) electrons. The standard InChI is InChI=1S/C8H17NO5S/c1-2-7(10)6-9-15(13,14)5-3-4-8(11)12/h7,9-10H,2-6H2,1H3,(H,11,12). The van der Waals surface area contributed by atoms with Crippen molar-refractivity contribution in [3.63, 3.8) is 0 Å². The van der Waals surface area contributed by atoms with Crippen LogP contribution in [0.4, 0.5) is 0 Å². The second kappa shape index (κ2) is 6.76. The summed E-state index contributed by atoms with van der Waals surface area (Å²) in [5, 5.41) is 17.4. The van der Waals surface area contributed by atoms with Crippen LogP contribution < -0.4 is 4.72 Å². The predicted octanol–water partition coefficient (Wildman–Crippen LogP) is -0.458. The molecule has 0 rings (SSSR count). The summed E-state index contributed by atoms with van der Waals surface area (Å²) < 4.78 is 24.6. The molecule has 90 valence electrons. The Hall–Kier alpha value is -0.660. The van der Waals surface area contributed by atoms with Crippen molar-refractivity contribution >= 4 is 16.0 Å². The van der Waals surface area contributed by atoms with Crippen molar-refractivity contribution in [2.75, 3.05) is 12.3 Å². The quantitative estimate of drug-likeness (QED) is 0.532. The first-order valence-electron chi connectivity index (χ1n) is 4.74. The van der Waals surface area contributed by atoms with E-state index >= 15 is 0 Å². The van der Waals surface area contributed by atoms with Crippen molar-refractivity contribution in [3.05, 3.63) is 0 Å². The highest BCUT2D eigenvalue weighted by molar-refractivity contribution is 7.89. The number of aliphatic hydroxyl groups excluding tert-OH is 1. The number of nitrogens with one attached hydrogen (secondary N) is 1. The zero-order chi connectivity index (χ0) is 11.9. The van der Waals surface area contributed by atoms with Crippen LogP contribution in [0.2, 0.25) is 0 Å². The van der Waals surface area contributed by atoms with Crippen LogP contribution in [0.3, 0.4) is 0 Å². The molecule has 0 aromatic carbocycles. The summed E-state index contributed by atoms with van der Waals surface area (Å²) in [5.74, 6) is -1.24. The van der Waals surface area contributed by atoms with Crippen LogP contribution in [-0.2, 0) is 14.8 Å². The molecule has 0 bridgehead atoms. The Morgan fingerprint density at radius 1 is 1.47 bits per heavy atom. The summed E-state index contributed by atoms with van der Waals surface area (Å²) in [7, 11) is -3.46. The lowest BCUT2D eigenvalue weighted by atomic mass is 10.3. The summed E-state index contributed by atoms with van der Waals surface area (Å²) in [6.07, 6.45) is -0.318. The minimum atomic E-state index is -3.46. The number of hydrogen-bond acceptors (Lipinski definition) is 4. The minimum Gasteiger partial charge on any atom is -0.481 e. The van der Waals surface area contributed by atoms with Crippen LogP contribution in [-0.4, -0.2) is 43.0 Å². The zero-order valence-corrected chi connectivity index (χ0v) is 9.46. The molecule has 0 aromatic rings. The molecule has 0 heterocycles. The molecule has 0 saturated carbocycles. The SMILES string of the molecule is CCC(O)CNS(=O)(=O)CCCC(=O)O. The molecule has 0 aliphatic rings. The third kappa shape index (κ3) is 8.34. The van der Waals surface area contributed by atoms with Gasteiger partial charge >= 0.3 is 5.97 Å². The van der Waals surface area contributed by atoms with E-state index in [1.54, 1.807) is 6.92 Å². The number of carboxylic acids is 1. The summed E-state index contributed by atoms with van der Waals surface area (Å²) in [6, 6.07) is 0. The molecule has 3 N–H and O–H groups in total. The fourth-order valence-electron chi connectivity index (χ4n) is 0.853. The van der Waals surface area contributed by atoms with Gasteiger partial charge in [0.15, 0.2) is 0 Å². The van der Waals surface area contributed by atoms with Crippen LogP contribution >= 0.6 is 0 Å². The van der Waals surface area contributed by atoms with Crippen molar-refractivity contribution in [1.29, 1.82) is 0 Å². The third-order valence-electron chi connectivity index (χ3n) is 1.81. The first-order valence-corrected chi connectivity index (χ1v) is 6.40. The number of carboxylic acid groups (broad SMARTS) is 1. The van der Waals surface area contributed by atoms with Crippen LogP contribution in [0, 0.1) is 0 Å². The van der Waals surface area contributed by atoms with Gasteiger partial charge in [0.2, 0.25) is 10.0 Å². The van der Waals surface area contributed by atoms with Crippen LogP contribution in [0.15, 0.2) is 0 Å². The number of sulfonamides is 1. The Kier molecular flexibility index (Phi) is 6.46. The molecule has 0 fully saturated rings. The van der Waals surface area contributed by atoms with E-state index in [1.165, 1.54) is 0 Å². The molecule has 7 heteroatoms. The molecular weight excluding hydrogens is 222 g/mol. The smallest absolute Gasteiger partial charge is 0.303 e. The van der Waals surface area contributed by atoms with Gasteiger partial charge < -0.3 is 10.2 Å². The second-order valence-corrected chi connectivity index (χ2v) is 5.15. The van der Waals surface area contributed by atoms with E-state index in [9.17, 15) is 13.2 Å². The van der Waals surface area contributed by atoms with E-state index < -0.39 is 22.1 Å². The lowest BCUT2D eigenvalue weighted by molar-refractivity contribution is -0.137. The lowest BCUT2D eigenvalue weighted by Gasteiger charge is -2.09. The normalized spacial score (nSPS) is 13.7. The van der Waals surface area contributed by atoms with E-state index in [0.717, 1.165) is 0 Å². The van der Waals surface area contributed by atoms with Crippen molar-refractivity contribution < 1.29 is 23.4 Å². The Morgan fingerprint density at radius 2 is 2.07 bits per heavy atom. The maximum atomic E-state index is 11.2. The molecule has 1 unspecified atom stereocenters. The highest BCUT2D eigenvalue weighted by atomic mass is 32.2. The van der Waals surface area contributed by atoms with Crippen LogP contribution in [0.5, 0.6) is 0 Å². The molecule has 0 spiro atoms. The van der Waals surface area contributed by atoms with Gasteiger partial charge in [-0.05, 0) is 12.8 Å². The average molecular weight is 239 g/mol. The summed E-state index contributed by atoms with van der Waals surface area (Å²) >= 11 is 0. The number of carbonyl (C=O) groups is 1. The lowest BCUT2D eigenvalue weighted by Crippen LogP contribution is -2.33. The summed E-state index contributed by atoms with van der Waals surface area (Å²) in [5.41, 5.74) is 0. The molecule has 0 aromatic heterocycles. The summed E-state index contributed by atoms with van der Waals surface area (Å²) in [4.78, 5) is 10.1. The largest absolute Gasteiger partial charge is 0.481 e. The highest BCUT2D eigenvalue weighted by Gasteiger charge is 2.12. The van der Waals surface area contributed by atoms with Crippen molar-refractivity contribution in [1.82, 2.24) is 4.72 Å². The minimum absolute atomic E-state index is 0.0219. The van der Waals surface area contributed by atoms with Gasteiger partial charge in [0.25, 0.3) is 0 Å². The maximum absolute atomic E-state index is 11.2. The topological polar surface area (TPSA) is 104 Å². The average Bonchev–Trinajstić information content (AvgIpc) is 2.13. The van der Waals surface area contributed by atoms with E-state index in [-0.39, 0.29) is 25.1 Å². The molecule has 0 aliphatic carbocycles. The Balaban J connectivity index is 3.82. The number of hydrogen-bond donors (Lipinski definition) is 3. The second-order valence-electron chi connectivity index (χ2n) is 3.23. The van der Waals surface area contributed by atoms with Crippen LogP contribution in [0.25, 0.3) is 0 Å². The van der Waals surface area contributed by atoms with Crippen molar-refractivity contribution in [2.24, 2.45) is 0 Å². The fourth-order valence-corrected chi connectivity index (χ4v) is 1.97. The van der Waals surface area contributed by atoms with E-state index in [1.807, 2.05) is 0 Å². The van der Waals surface area contributed by atoms with Gasteiger partial charge in [-0.3, -0.25) is 4.79 Å². The maximum Gasteiger partial charge on any atom is 0.303 e. The van der Waals surface area contributed by atoms with Gasteiger partial charge in [-0.15, -0.1) is 0 Å². The third-order valence-corrected chi connectivity index (χ3v) is 3.25. The predicted molar refractivity (Wildman–Crippen MR) is 55.0 cm³/mol.